The SMILES string of the molecule is CCOc1cccc2c(N[C@H](C)CCCN(CC)CC)c(C)cnc12. The van der Waals surface area contributed by atoms with Crippen molar-refractivity contribution in [2.75, 3.05) is 31.6 Å². The molecule has 1 N–H and O–H groups in total. The van der Waals surface area contributed by atoms with Gasteiger partial charge in [0.05, 0.1) is 6.61 Å². The van der Waals surface area contributed by atoms with Crippen molar-refractivity contribution < 1.29 is 4.74 Å². The third-order valence-corrected chi connectivity index (χ3v) is 4.75. The summed E-state index contributed by atoms with van der Waals surface area (Å²) in [5.74, 6) is 0.859. The van der Waals surface area contributed by atoms with E-state index in [1.807, 2.05) is 25.3 Å². The number of ether oxygens (including phenoxy) is 1. The van der Waals surface area contributed by atoms with Crippen LogP contribution in [-0.2, 0) is 0 Å². The second-order valence-electron chi connectivity index (χ2n) is 6.62. The number of nitrogens with zero attached hydrogens (tertiary/aromatic N) is 2. The fourth-order valence-electron chi connectivity index (χ4n) is 3.24. The fourth-order valence-corrected chi connectivity index (χ4v) is 3.24. The molecule has 0 amide bonds. The van der Waals surface area contributed by atoms with Gasteiger partial charge in [-0.25, -0.2) is 0 Å². The van der Waals surface area contributed by atoms with Crippen LogP contribution in [0.3, 0.4) is 0 Å². The Bertz CT molecular complexity index is 667. The van der Waals surface area contributed by atoms with Crippen molar-refractivity contribution in [3.63, 3.8) is 0 Å². The Kier molecular flexibility index (Phi) is 7.51. The molecule has 0 saturated heterocycles. The number of benzene rings is 1. The topological polar surface area (TPSA) is 37.4 Å². The fraction of sp³-hybridized carbons (Fsp3) is 0.571. The standard InChI is InChI=1S/C21H33N3O/c1-6-24(7-2)14-10-11-17(5)23-20-16(4)15-22-21-18(20)12-9-13-19(21)25-8-3/h9,12-13,15,17H,6-8,10-11,14H2,1-5H3,(H,22,23)/t17-/m1/s1. The largest absolute Gasteiger partial charge is 0.492 e. The van der Waals surface area contributed by atoms with Crippen LogP contribution in [0.5, 0.6) is 5.75 Å². The van der Waals surface area contributed by atoms with Crippen molar-refractivity contribution in [3.8, 4) is 5.75 Å². The Morgan fingerprint density at radius 3 is 2.64 bits per heavy atom. The van der Waals surface area contributed by atoms with E-state index in [0.29, 0.717) is 12.6 Å². The summed E-state index contributed by atoms with van der Waals surface area (Å²) in [4.78, 5) is 7.08. The zero-order valence-corrected chi connectivity index (χ0v) is 16.4. The third kappa shape index (κ3) is 5.08. The quantitative estimate of drug-likeness (QED) is 0.668. The van der Waals surface area contributed by atoms with Gasteiger partial charge in [-0.2, -0.15) is 0 Å². The maximum Gasteiger partial charge on any atom is 0.145 e. The van der Waals surface area contributed by atoms with Crippen LogP contribution in [0.2, 0.25) is 0 Å². The van der Waals surface area contributed by atoms with Gasteiger partial charge in [0.25, 0.3) is 0 Å². The summed E-state index contributed by atoms with van der Waals surface area (Å²) >= 11 is 0. The number of rotatable bonds is 10. The molecule has 0 unspecified atom stereocenters. The molecule has 0 saturated carbocycles. The van der Waals surface area contributed by atoms with E-state index in [1.54, 1.807) is 0 Å². The highest BCUT2D eigenvalue weighted by Crippen LogP contribution is 2.32. The van der Waals surface area contributed by atoms with E-state index in [2.05, 4.69) is 49.0 Å². The molecule has 4 heteroatoms. The Hall–Kier alpha value is -1.81. The highest BCUT2D eigenvalue weighted by Gasteiger charge is 2.12. The molecular formula is C21H33N3O. The van der Waals surface area contributed by atoms with Crippen LogP contribution < -0.4 is 10.1 Å². The lowest BCUT2D eigenvalue weighted by Crippen LogP contribution is -2.25. The Balaban J connectivity index is 2.11. The highest BCUT2D eigenvalue weighted by molar-refractivity contribution is 5.96. The van der Waals surface area contributed by atoms with Crippen LogP contribution in [-0.4, -0.2) is 42.2 Å². The summed E-state index contributed by atoms with van der Waals surface area (Å²) in [6, 6.07) is 6.59. The molecule has 138 valence electrons. The minimum Gasteiger partial charge on any atom is -0.492 e. The number of pyridine rings is 1. The molecule has 0 aliphatic carbocycles. The molecule has 1 aromatic carbocycles. The minimum absolute atomic E-state index is 0.426. The van der Waals surface area contributed by atoms with Crippen molar-refractivity contribution in [2.45, 2.75) is 53.5 Å². The van der Waals surface area contributed by atoms with E-state index < -0.39 is 0 Å². The Morgan fingerprint density at radius 2 is 1.96 bits per heavy atom. The molecule has 0 aliphatic heterocycles. The molecular weight excluding hydrogens is 310 g/mol. The summed E-state index contributed by atoms with van der Waals surface area (Å²) < 4.78 is 5.74. The summed E-state index contributed by atoms with van der Waals surface area (Å²) in [5.41, 5.74) is 3.30. The number of aromatic nitrogens is 1. The number of nitrogens with one attached hydrogen (secondary N) is 1. The molecule has 1 atom stereocenters. The number of anilines is 1. The molecule has 1 heterocycles. The van der Waals surface area contributed by atoms with Gasteiger partial charge in [0.15, 0.2) is 0 Å². The summed E-state index contributed by atoms with van der Waals surface area (Å²) in [6.07, 6.45) is 4.31. The van der Waals surface area contributed by atoms with Crippen molar-refractivity contribution >= 4 is 16.6 Å². The molecule has 0 spiro atoms. The smallest absolute Gasteiger partial charge is 0.145 e. The van der Waals surface area contributed by atoms with Crippen LogP contribution in [0.4, 0.5) is 5.69 Å². The third-order valence-electron chi connectivity index (χ3n) is 4.75. The van der Waals surface area contributed by atoms with Gasteiger partial charge in [-0.15, -0.1) is 0 Å². The summed E-state index contributed by atoms with van der Waals surface area (Å²) in [5, 5.41) is 4.86. The molecule has 0 bridgehead atoms. The lowest BCUT2D eigenvalue weighted by molar-refractivity contribution is 0.295. The first kappa shape index (κ1) is 19.5. The number of hydrogen-bond donors (Lipinski definition) is 1. The van der Waals surface area contributed by atoms with E-state index in [9.17, 15) is 0 Å². The summed E-state index contributed by atoms with van der Waals surface area (Å²) in [6.45, 7) is 14.9. The first-order valence-corrected chi connectivity index (χ1v) is 9.60. The van der Waals surface area contributed by atoms with E-state index in [0.717, 1.165) is 36.2 Å². The van der Waals surface area contributed by atoms with E-state index in [1.165, 1.54) is 24.2 Å². The van der Waals surface area contributed by atoms with Gasteiger partial charge in [0, 0.05) is 23.3 Å². The van der Waals surface area contributed by atoms with Gasteiger partial charge < -0.3 is 15.0 Å². The van der Waals surface area contributed by atoms with E-state index in [-0.39, 0.29) is 0 Å². The average molecular weight is 344 g/mol. The Labute approximate surface area is 152 Å². The van der Waals surface area contributed by atoms with Gasteiger partial charge in [-0.05, 0) is 64.9 Å². The molecule has 0 fully saturated rings. The first-order valence-electron chi connectivity index (χ1n) is 9.60. The molecule has 2 rings (SSSR count). The molecule has 0 radical (unpaired) electrons. The summed E-state index contributed by atoms with van der Waals surface area (Å²) in [7, 11) is 0. The number of fused-ring (bicyclic) bond motifs is 1. The van der Waals surface area contributed by atoms with Crippen LogP contribution in [0.1, 0.15) is 46.1 Å². The molecule has 0 aliphatic rings. The lowest BCUT2D eigenvalue weighted by atomic mass is 10.1. The van der Waals surface area contributed by atoms with Crippen LogP contribution in [0, 0.1) is 6.92 Å². The normalized spacial score (nSPS) is 12.6. The highest BCUT2D eigenvalue weighted by atomic mass is 16.5. The van der Waals surface area contributed by atoms with Crippen LogP contribution >= 0.6 is 0 Å². The molecule has 25 heavy (non-hydrogen) atoms. The molecule has 1 aromatic heterocycles. The number of para-hydroxylation sites is 1. The lowest BCUT2D eigenvalue weighted by Gasteiger charge is -2.22. The minimum atomic E-state index is 0.426. The molecule has 4 nitrogen and oxygen atoms in total. The maximum absolute atomic E-state index is 5.74. The van der Waals surface area contributed by atoms with Crippen LogP contribution in [0.25, 0.3) is 10.9 Å². The van der Waals surface area contributed by atoms with Crippen molar-refractivity contribution in [1.82, 2.24) is 9.88 Å². The second kappa shape index (κ2) is 9.62. The van der Waals surface area contributed by atoms with E-state index >= 15 is 0 Å². The zero-order chi connectivity index (χ0) is 18.2. The monoisotopic (exact) mass is 343 g/mol. The second-order valence-corrected chi connectivity index (χ2v) is 6.62. The predicted molar refractivity (Wildman–Crippen MR) is 108 cm³/mol. The van der Waals surface area contributed by atoms with Gasteiger partial charge in [0.1, 0.15) is 11.3 Å². The van der Waals surface area contributed by atoms with Gasteiger partial charge in [-0.1, -0.05) is 26.0 Å². The Morgan fingerprint density at radius 1 is 1.20 bits per heavy atom. The van der Waals surface area contributed by atoms with Gasteiger partial charge >= 0.3 is 0 Å². The van der Waals surface area contributed by atoms with Crippen LogP contribution in [0.15, 0.2) is 24.4 Å². The van der Waals surface area contributed by atoms with Gasteiger partial charge in [0.2, 0.25) is 0 Å². The number of aryl methyl sites for hydroxylation is 1. The zero-order valence-electron chi connectivity index (χ0n) is 16.4. The van der Waals surface area contributed by atoms with Crippen molar-refractivity contribution in [2.24, 2.45) is 0 Å². The molecule has 2 aromatic rings. The van der Waals surface area contributed by atoms with Crippen molar-refractivity contribution in [3.05, 3.63) is 30.0 Å². The van der Waals surface area contributed by atoms with Crippen molar-refractivity contribution in [1.29, 1.82) is 0 Å². The van der Waals surface area contributed by atoms with Gasteiger partial charge in [-0.3, -0.25) is 4.98 Å². The maximum atomic E-state index is 5.74. The van der Waals surface area contributed by atoms with E-state index in [4.69, 9.17) is 4.74 Å². The average Bonchev–Trinajstić information content (AvgIpc) is 2.61. The number of hydrogen-bond acceptors (Lipinski definition) is 4. The first-order chi connectivity index (χ1) is 12.1. The predicted octanol–water partition coefficient (Wildman–Crippen LogP) is 4.86.